The van der Waals surface area contributed by atoms with Gasteiger partial charge in [-0.25, -0.2) is 0 Å². The molecule has 836 valence electrons. The SMILES string of the molecule is O=C(O)CN1CCN(CC(=O)O)CCN(CC(=O)NC(Cc2c[nH]c3ccccc23)C(=O)C(=O)NCCNCN(CNCCNC(=O)C(=O)C(Cc2c[nH]c3ccccc23)NC(=O)CN2CCN(CC(=O)O)CCN(CC(=O)O)CCN(CC(=O)O)CC2)C(=O)COCC(COC(C(F)(F)F)(C(F)(F)F)C(F)(F)F)(COC(C(F)(F)F)(C(F)(F)F)C(F)(F)F)COC(C(F)(F)F)(C(F)(F)F)C(F)(F)F)CCN(CC(=O)O)CC1. The van der Waals surface area contributed by atoms with Gasteiger partial charge < -0.3 is 85.7 Å². The number of rotatable bonds is 49. The minimum Gasteiger partial charge on any atom is -0.480 e. The molecule has 0 bridgehead atoms. The van der Waals surface area contributed by atoms with Crippen molar-refractivity contribution >= 4 is 98.7 Å². The van der Waals surface area contributed by atoms with Crippen molar-refractivity contribution < 1.29 is 230 Å². The monoisotopic (exact) mass is 2190 g/mol. The Kier molecular flexibility index (Phi) is 44.7. The highest BCUT2D eigenvalue weighted by Gasteiger charge is 2.89. The van der Waals surface area contributed by atoms with E-state index in [0.717, 1.165) is 0 Å². The lowest BCUT2D eigenvalue weighted by Gasteiger charge is -2.45. The van der Waals surface area contributed by atoms with E-state index in [1.807, 2.05) is 0 Å². The number of Topliss-reactive ketones (excluding diaryl/α,β-unsaturated/α-hetero) is 2. The maximum absolute atomic E-state index is 14.5. The van der Waals surface area contributed by atoms with Crippen LogP contribution in [0.1, 0.15) is 11.1 Å². The van der Waals surface area contributed by atoms with Crippen molar-refractivity contribution in [2.75, 3.05) is 230 Å². The molecule has 0 aliphatic carbocycles. The molecular formula is C81H100F27N17O23. The van der Waals surface area contributed by atoms with E-state index in [9.17, 15) is 212 Å². The van der Waals surface area contributed by atoms with Gasteiger partial charge in [0.1, 0.15) is 18.7 Å². The minimum absolute atomic E-state index is 0.0607. The van der Waals surface area contributed by atoms with E-state index in [-0.39, 0.29) is 121 Å². The predicted molar refractivity (Wildman–Crippen MR) is 448 cm³/mol. The van der Waals surface area contributed by atoms with Crippen LogP contribution in [0.4, 0.5) is 119 Å². The van der Waals surface area contributed by atoms with E-state index in [1.54, 1.807) is 24.3 Å². The summed E-state index contributed by atoms with van der Waals surface area (Å²) in [6.07, 6.45) is -73.5. The summed E-state index contributed by atoms with van der Waals surface area (Å²) in [7, 11) is 0. The second kappa shape index (κ2) is 52.8. The molecule has 5 amide bonds. The summed E-state index contributed by atoms with van der Waals surface area (Å²) in [6.45, 7) is -32.3. The molecule has 2 aliphatic heterocycles. The number of amides is 5. The fourth-order valence-corrected chi connectivity index (χ4v) is 15.3. The van der Waals surface area contributed by atoms with Gasteiger partial charge in [-0.2, -0.15) is 119 Å². The summed E-state index contributed by atoms with van der Waals surface area (Å²) in [5, 5.41) is 72.5. The maximum atomic E-state index is 14.5. The number of halogens is 27. The molecule has 2 saturated heterocycles. The van der Waals surface area contributed by atoms with Crippen LogP contribution in [0.15, 0.2) is 60.9 Å². The number of hydrogen-bond acceptors (Lipinski definition) is 27. The smallest absolute Gasteiger partial charge is 0.435 e. The van der Waals surface area contributed by atoms with Crippen molar-refractivity contribution in [2.24, 2.45) is 5.41 Å². The first-order chi connectivity index (χ1) is 68.3. The molecule has 2 aromatic carbocycles. The Morgan fingerprint density at radius 2 is 0.554 bits per heavy atom. The Bertz CT molecular complexity index is 4620. The summed E-state index contributed by atoms with van der Waals surface area (Å²) in [6, 6.07) is 8.50. The van der Waals surface area contributed by atoms with E-state index in [4.69, 9.17) is 0 Å². The fraction of sp³-hybridized carbons (Fsp3) is 0.642. The van der Waals surface area contributed by atoms with Crippen LogP contribution < -0.4 is 31.9 Å². The molecule has 148 heavy (non-hydrogen) atoms. The molecule has 4 heterocycles. The number of nitrogens with one attached hydrogen (secondary N) is 8. The molecule has 0 radical (unpaired) electrons. The maximum Gasteiger partial charge on any atom is 0.435 e. The first-order valence-electron chi connectivity index (χ1n) is 43.6. The number of ketones is 2. The average Bonchev–Trinajstić information content (AvgIpc) is 0.843. The van der Waals surface area contributed by atoms with E-state index in [1.165, 1.54) is 75.9 Å². The Labute approximate surface area is 817 Å². The molecular weight excluding hydrogens is 2090 g/mol. The number of benzene rings is 2. The second-order valence-electron chi connectivity index (χ2n) is 33.8. The zero-order valence-corrected chi connectivity index (χ0v) is 76.9. The van der Waals surface area contributed by atoms with Crippen LogP contribution in [0.5, 0.6) is 0 Å². The molecule has 2 unspecified atom stereocenters. The molecule has 2 aliphatic rings. The third-order valence-electron chi connectivity index (χ3n) is 22.8. The number of carboxylic acid groups (broad SMARTS) is 6. The predicted octanol–water partition coefficient (Wildman–Crippen LogP) is 2.98. The molecule has 0 saturated carbocycles. The van der Waals surface area contributed by atoms with Gasteiger partial charge in [-0.3, -0.25) is 112 Å². The van der Waals surface area contributed by atoms with Crippen molar-refractivity contribution in [3.63, 3.8) is 0 Å². The van der Waals surface area contributed by atoms with Gasteiger partial charge in [-0.15, -0.1) is 0 Å². The number of fused-ring (bicyclic) bond motifs is 2. The lowest BCUT2D eigenvalue weighted by atomic mass is 9.89. The first-order valence-corrected chi connectivity index (χ1v) is 43.6. The third-order valence-corrected chi connectivity index (χ3v) is 22.8. The highest BCUT2D eigenvalue weighted by atomic mass is 19.5. The molecule has 14 N–H and O–H groups in total. The highest BCUT2D eigenvalue weighted by Crippen LogP contribution is 2.60. The van der Waals surface area contributed by atoms with Crippen LogP contribution in [0, 0.1) is 5.41 Å². The Hall–Kier alpha value is -11.4. The van der Waals surface area contributed by atoms with Gasteiger partial charge in [-0.05, 0) is 23.3 Å². The number of aliphatic carboxylic acids is 6. The van der Waals surface area contributed by atoms with Crippen LogP contribution in [-0.2, 0) is 94.1 Å². The zero-order chi connectivity index (χ0) is 112. The normalized spacial score (nSPS) is 16.8. The second-order valence-corrected chi connectivity index (χ2v) is 33.8. The van der Waals surface area contributed by atoms with Crippen molar-refractivity contribution in [1.29, 1.82) is 0 Å². The van der Waals surface area contributed by atoms with E-state index in [0.29, 0.717) is 21.8 Å². The van der Waals surface area contributed by atoms with Crippen molar-refractivity contribution in [3.8, 4) is 0 Å². The largest absolute Gasteiger partial charge is 0.480 e. The zero-order valence-electron chi connectivity index (χ0n) is 76.9. The third kappa shape index (κ3) is 35.1. The number of carbonyl (C=O) groups excluding carboxylic acids is 7. The number of ether oxygens (including phenoxy) is 4. The number of para-hydroxylation sites is 2. The van der Waals surface area contributed by atoms with Crippen LogP contribution in [0.25, 0.3) is 21.8 Å². The molecule has 4 aromatic rings. The van der Waals surface area contributed by atoms with Crippen LogP contribution >= 0.6 is 0 Å². The minimum atomic E-state index is -8.34. The summed E-state index contributed by atoms with van der Waals surface area (Å²) >= 11 is 0. The fourth-order valence-electron chi connectivity index (χ4n) is 15.3. The highest BCUT2D eigenvalue weighted by molar-refractivity contribution is 6.39. The van der Waals surface area contributed by atoms with Crippen molar-refractivity contribution in [3.05, 3.63) is 72.1 Å². The number of aromatic nitrogens is 2. The van der Waals surface area contributed by atoms with Gasteiger partial charge >= 0.3 is 108 Å². The molecule has 0 spiro atoms. The van der Waals surface area contributed by atoms with Gasteiger partial charge in [-0.1, -0.05) is 36.4 Å². The number of nitrogens with zero attached hydrogens (tertiary/aromatic N) is 9. The van der Waals surface area contributed by atoms with Crippen LogP contribution in [0.2, 0.25) is 0 Å². The summed E-state index contributed by atoms with van der Waals surface area (Å²) < 4.78 is 405. The molecule has 2 aromatic heterocycles. The quantitative estimate of drug-likeness (QED) is 0.0131. The van der Waals surface area contributed by atoms with Crippen molar-refractivity contribution in [2.45, 2.75) is 97.3 Å². The van der Waals surface area contributed by atoms with Gasteiger partial charge in [0.15, 0.2) is 0 Å². The number of H-pyrrole nitrogens is 2. The van der Waals surface area contributed by atoms with Gasteiger partial charge in [0, 0.05) is 178 Å². The number of alkyl halides is 27. The van der Waals surface area contributed by atoms with Gasteiger partial charge in [0.25, 0.3) is 17.7 Å². The summed E-state index contributed by atoms with van der Waals surface area (Å²) in [4.78, 5) is 188. The Morgan fingerprint density at radius 3 is 0.784 bits per heavy atom. The van der Waals surface area contributed by atoms with E-state index in [2.05, 4.69) is 60.8 Å². The first kappa shape index (κ1) is 125. The number of aromatic amines is 2. The van der Waals surface area contributed by atoms with Crippen molar-refractivity contribution in [1.82, 2.24) is 86.0 Å². The van der Waals surface area contributed by atoms with Gasteiger partial charge in [0.2, 0.25) is 23.4 Å². The van der Waals surface area contributed by atoms with Crippen LogP contribution in [0.3, 0.4) is 0 Å². The Morgan fingerprint density at radius 1 is 0.324 bits per heavy atom. The summed E-state index contributed by atoms with van der Waals surface area (Å²) in [5.41, 5.74) is -29.1. The molecule has 2 fully saturated rings. The lowest BCUT2D eigenvalue weighted by molar-refractivity contribution is -0.474. The Balaban J connectivity index is 1.38. The van der Waals surface area contributed by atoms with Gasteiger partial charge in [0.05, 0.1) is 97.5 Å². The average molecular weight is 2190 g/mol. The molecule has 6 rings (SSSR count). The number of carbonyl (C=O) groups is 13. The van der Waals surface area contributed by atoms with E-state index < -0.39 is 305 Å². The number of hydrogen-bond donors (Lipinski definition) is 14. The van der Waals surface area contributed by atoms with E-state index >= 15 is 0 Å². The standard InChI is InChI=1S/C81H100F27N17O23/c82-73(83,84)70(74(85,86)87,75(88,89)90)146-43-69(44-147-71(76(91,92)93,77(94,95)96)78(97,98)99,45-148-72(79(100,101)102,80(103,104)105)81(106,107)108)42-145-41-58(128)125(46-109-9-11-111-67(143)65(141)54(29-48-31-113-52-7-3-1-5-50(48)52)115-56(126)33-117-13-17-119(35-59(129)130)21-25-123(39-63(137)138)26-22-120(18-14-117)36-60(131)132)47-110-10-12-112-68(144)66(142)55(30-49-32-114-53-8-4-2-6-51(49)53)116-57(127)34-118-15-19-121(37-61(133)134)23-27-124(40-64(139)140)28-24-122(20-16-118)38-62(135)136/h1-8,31-32,54-55,109-110,113-114H,9-30,33-47H2,(H,111,143)(H,112,144)(H,115,126)(H,116,127)(H,129,130)(H,131,132)(H,133,134)(H,135,136)(H,137,138)(H,139,140). The summed E-state index contributed by atoms with van der Waals surface area (Å²) in [5.74, 6) is -18.4. The molecule has 40 nitrogen and oxygen atoms in total. The lowest BCUT2D eigenvalue weighted by Crippen LogP contribution is -2.71. The van der Waals surface area contributed by atoms with Crippen LogP contribution in [-0.4, -0.2) is 476 Å². The number of carboxylic acids is 6. The molecule has 67 heteroatoms. The molecule has 2 atom stereocenters. The topological polar surface area (TPSA) is 513 Å².